The van der Waals surface area contributed by atoms with Crippen LogP contribution in [0.5, 0.6) is 0 Å². The summed E-state index contributed by atoms with van der Waals surface area (Å²) in [6, 6.07) is 11.1. The minimum absolute atomic E-state index is 0.297. The number of benzene rings is 1. The summed E-state index contributed by atoms with van der Waals surface area (Å²) in [5, 5.41) is 12.0. The van der Waals surface area contributed by atoms with Crippen LogP contribution in [-0.4, -0.2) is 11.1 Å². The molecule has 4 heteroatoms. The fraction of sp³-hybridized carbons (Fsp3) is 0.214. The molecule has 0 bridgehead atoms. The van der Waals surface area contributed by atoms with Crippen LogP contribution in [0.2, 0.25) is 0 Å². The van der Waals surface area contributed by atoms with Crippen LogP contribution in [0.4, 0.5) is 0 Å². The summed E-state index contributed by atoms with van der Waals surface area (Å²) in [4.78, 5) is 12.5. The smallest absolute Gasteiger partial charge is 0.339 e. The van der Waals surface area contributed by atoms with Crippen LogP contribution in [-0.2, 0) is 4.74 Å². The minimum atomic E-state index is -0.589. The van der Waals surface area contributed by atoms with Crippen molar-refractivity contribution in [3.63, 3.8) is 0 Å². The zero-order valence-electron chi connectivity index (χ0n) is 9.58. The van der Waals surface area contributed by atoms with Gasteiger partial charge in [0.15, 0.2) is 0 Å². The van der Waals surface area contributed by atoms with Crippen molar-refractivity contribution in [2.24, 2.45) is 0 Å². The van der Waals surface area contributed by atoms with Gasteiger partial charge in [-0.25, -0.2) is 4.79 Å². The molecule has 0 saturated carbocycles. The molecule has 1 aromatic carbocycles. The van der Waals surface area contributed by atoms with Gasteiger partial charge in [0.25, 0.3) is 0 Å². The van der Waals surface area contributed by atoms with E-state index in [4.69, 9.17) is 4.74 Å². The average Bonchev–Trinajstić information content (AvgIpc) is 3.00. The summed E-state index contributed by atoms with van der Waals surface area (Å²) < 4.78 is 5.31. The highest BCUT2D eigenvalue weighted by Crippen LogP contribution is 2.37. The van der Waals surface area contributed by atoms with Gasteiger partial charge in [-0.3, -0.25) is 0 Å². The second kappa shape index (κ2) is 4.55. The lowest BCUT2D eigenvalue weighted by Crippen LogP contribution is -2.05. The molecule has 0 aliphatic carbocycles. The third-order valence-corrected chi connectivity index (χ3v) is 4.06. The second-order valence-electron chi connectivity index (χ2n) is 4.25. The molecule has 2 atom stereocenters. The number of fused-ring (bicyclic) bond motifs is 1. The molecule has 18 heavy (non-hydrogen) atoms. The van der Waals surface area contributed by atoms with Gasteiger partial charge in [0.05, 0.1) is 11.7 Å². The molecule has 1 aromatic heterocycles. The van der Waals surface area contributed by atoms with Gasteiger partial charge in [0.1, 0.15) is 6.10 Å². The number of carbonyl (C=O) groups is 1. The Balaban J connectivity index is 1.81. The topological polar surface area (TPSA) is 46.5 Å². The van der Waals surface area contributed by atoms with Crippen LogP contribution in [0, 0.1) is 0 Å². The number of hydrogen-bond acceptors (Lipinski definition) is 4. The van der Waals surface area contributed by atoms with Gasteiger partial charge in [0, 0.05) is 16.9 Å². The van der Waals surface area contributed by atoms with E-state index in [0.29, 0.717) is 12.0 Å². The van der Waals surface area contributed by atoms with Gasteiger partial charge in [-0.2, -0.15) is 0 Å². The number of aliphatic hydroxyl groups excluding tert-OH is 1. The highest BCUT2D eigenvalue weighted by atomic mass is 32.1. The first kappa shape index (κ1) is 11.4. The van der Waals surface area contributed by atoms with Crippen LogP contribution in [0.25, 0.3) is 0 Å². The van der Waals surface area contributed by atoms with E-state index in [1.165, 1.54) is 11.3 Å². The molecule has 0 fully saturated rings. The lowest BCUT2D eigenvalue weighted by molar-refractivity contribution is 0.0239. The first-order chi connectivity index (χ1) is 8.75. The van der Waals surface area contributed by atoms with Crippen molar-refractivity contribution in [1.82, 2.24) is 0 Å². The summed E-state index contributed by atoms with van der Waals surface area (Å²) in [6.07, 6.45) is -0.525. The van der Waals surface area contributed by atoms with E-state index in [1.54, 1.807) is 6.07 Å². The van der Waals surface area contributed by atoms with Crippen LogP contribution < -0.4 is 0 Å². The van der Waals surface area contributed by atoms with E-state index in [-0.39, 0.29) is 12.1 Å². The largest absolute Gasteiger partial charge is 0.454 e. The van der Waals surface area contributed by atoms with Crippen molar-refractivity contribution in [3.05, 3.63) is 57.8 Å². The molecular formula is C14H12O3S. The normalized spacial score (nSPS) is 19.4. The molecule has 1 aliphatic heterocycles. The van der Waals surface area contributed by atoms with Crippen LogP contribution in [0.1, 0.15) is 39.4 Å². The van der Waals surface area contributed by atoms with Crippen molar-refractivity contribution in [1.29, 1.82) is 0 Å². The van der Waals surface area contributed by atoms with Gasteiger partial charge in [-0.1, -0.05) is 24.3 Å². The summed E-state index contributed by atoms with van der Waals surface area (Å²) in [5.74, 6) is -0.297. The first-order valence-corrected chi connectivity index (χ1v) is 6.65. The standard InChI is InChI=1S/C14H12O3S/c15-11(13-6-3-7-18-13)8-12-9-4-1-2-5-10(9)14(16)17-12/h1-7,11-12,15H,8H2/t11-,12+/m0/s1. The van der Waals surface area contributed by atoms with Gasteiger partial charge in [0.2, 0.25) is 0 Å². The second-order valence-corrected chi connectivity index (χ2v) is 5.23. The third kappa shape index (κ3) is 1.94. The SMILES string of the molecule is O=C1O[C@H](C[C@H](O)c2cccs2)c2ccccc21. The molecule has 0 radical (unpaired) electrons. The zero-order chi connectivity index (χ0) is 12.5. The fourth-order valence-electron chi connectivity index (χ4n) is 2.19. The molecule has 2 heterocycles. The van der Waals surface area contributed by atoms with Crippen molar-refractivity contribution >= 4 is 17.3 Å². The van der Waals surface area contributed by atoms with Gasteiger partial charge in [-0.05, 0) is 17.5 Å². The van der Waals surface area contributed by atoms with Crippen molar-refractivity contribution < 1.29 is 14.6 Å². The van der Waals surface area contributed by atoms with E-state index in [0.717, 1.165) is 10.4 Å². The molecule has 3 rings (SSSR count). The van der Waals surface area contributed by atoms with Crippen molar-refractivity contribution in [2.75, 3.05) is 0 Å². The lowest BCUT2D eigenvalue weighted by atomic mass is 10.0. The van der Waals surface area contributed by atoms with E-state index >= 15 is 0 Å². The van der Waals surface area contributed by atoms with Gasteiger partial charge >= 0.3 is 5.97 Å². The molecule has 2 aromatic rings. The summed E-state index contributed by atoms with van der Waals surface area (Å²) in [7, 11) is 0. The number of esters is 1. The van der Waals surface area contributed by atoms with Crippen LogP contribution in [0.3, 0.4) is 0 Å². The van der Waals surface area contributed by atoms with Crippen molar-refractivity contribution in [3.8, 4) is 0 Å². The number of hydrogen-bond donors (Lipinski definition) is 1. The van der Waals surface area contributed by atoms with E-state index in [9.17, 15) is 9.90 Å². The predicted octanol–water partition coefficient (Wildman–Crippen LogP) is 3.08. The Labute approximate surface area is 109 Å². The number of carbonyl (C=O) groups excluding carboxylic acids is 1. The molecular weight excluding hydrogens is 248 g/mol. The molecule has 0 unspecified atom stereocenters. The Hall–Kier alpha value is -1.65. The molecule has 0 amide bonds. The highest BCUT2D eigenvalue weighted by Gasteiger charge is 2.32. The Kier molecular flexibility index (Phi) is 2.89. The Morgan fingerprint density at radius 1 is 1.28 bits per heavy atom. The van der Waals surface area contributed by atoms with Crippen molar-refractivity contribution in [2.45, 2.75) is 18.6 Å². The summed E-state index contributed by atoms with van der Waals surface area (Å²) >= 11 is 1.51. The monoisotopic (exact) mass is 260 g/mol. The summed E-state index contributed by atoms with van der Waals surface area (Å²) in [5.41, 5.74) is 1.49. The number of rotatable bonds is 3. The fourth-order valence-corrected chi connectivity index (χ4v) is 2.92. The zero-order valence-corrected chi connectivity index (χ0v) is 10.4. The number of thiophene rings is 1. The maximum absolute atomic E-state index is 11.6. The molecule has 1 N–H and O–H groups in total. The predicted molar refractivity (Wildman–Crippen MR) is 68.5 cm³/mol. The molecule has 0 spiro atoms. The Bertz CT molecular complexity index is 562. The van der Waals surface area contributed by atoms with E-state index < -0.39 is 6.10 Å². The third-order valence-electron chi connectivity index (χ3n) is 3.09. The minimum Gasteiger partial charge on any atom is -0.454 e. The Morgan fingerprint density at radius 2 is 2.11 bits per heavy atom. The lowest BCUT2D eigenvalue weighted by Gasteiger charge is -2.14. The average molecular weight is 260 g/mol. The molecule has 92 valence electrons. The van der Waals surface area contributed by atoms with E-state index in [2.05, 4.69) is 0 Å². The van der Waals surface area contributed by atoms with Gasteiger partial charge in [-0.15, -0.1) is 11.3 Å². The van der Waals surface area contributed by atoms with E-state index in [1.807, 2.05) is 35.7 Å². The summed E-state index contributed by atoms with van der Waals surface area (Å²) in [6.45, 7) is 0. The molecule has 1 aliphatic rings. The first-order valence-electron chi connectivity index (χ1n) is 5.77. The number of ether oxygens (including phenoxy) is 1. The maximum atomic E-state index is 11.6. The van der Waals surface area contributed by atoms with Crippen LogP contribution in [0.15, 0.2) is 41.8 Å². The van der Waals surface area contributed by atoms with Crippen LogP contribution >= 0.6 is 11.3 Å². The quantitative estimate of drug-likeness (QED) is 0.863. The number of aliphatic hydroxyl groups is 1. The highest BCUT2D eigenvalue weighted by molar-refractivity contribution is 7.10. The van der Waals surface area contributed by atoms with Gasteiger partial charge < -0.3 is 9.84 Å². The Morgan fingerprint density at radius 3 is 2.89 bits per heavy atom. The number of cyclic esters (lactones) is 1. The maximum Gasteiger partial charge on any atom is 0.339 e. The molecule has 0 saturated heterocycles. The molecule has 3 nitrogen and oxygen atoms in total.